The molecule has 5 rings (SSSR count). The zero-order valence-electron chi connectivity index (χ0n) is 16.9. The van der Waals surface area contributed by atoms with Gasteiger partial charge in [-0.15, -0.1) is 0 Å². The highest BCUT2D eigenvalue weighted by atomic mass is 16.1. The lowest BCUT2D eigenvalue weighted by Gasteiger charge is -2.22. The van der Waals surface area contributed by atoms with Crippen LogP contribution < -0.4 is 0 Å². The molecule has 4 aromatic rings. The first-order valence-corrected chi connectivity index (χ1v) is 10.1. The van der Waals surface area contributed by atoms with Gasteiger partial charge in [0.05, 0.1) is 0 Å². The zero-order valence-corrected chi connectivity index (χ0v) is 16.9. The molecule has 0 amide bonds. The minimum absolute atomic E-state index is 0.00988. The second-order valence-corrected chi connectivity index (χ2v) is 7.50. The molecule has 0 spiro atoms. The van der Waals surface area contributed by atoms with Crippen molar-refractivity contribution in [3.05, 3.63) is 142 Å². The summed E-state index contributed by atoms with van der Waals surface area (Å²) in [7, 11) is 0. The highest BCUT2D eigenvalue weighted by Gasteiger charge is 2.36. The summed E-state index contributed by atoms with van der Waals surface area (Å²) < 4.78 is 0. The van der Waals surface area contributed by atoms with E-state index < -0.39 is 11.6 Å². The van der Waals surface area contributed by atoms with E-state index in [1.54, 1.807) is 84.9 Å². The van der Waals surface area contributed by atoms with E-state index in [1.807, 2.05) is 0 Å². The first kappa shape index (κ1) is 19.5. The molecule has 0 aliphatic heterocycles. The third-order valence-electron chi connectivity index (χ3n) is 5.64. The van der Waals surface area contributed by atoms with Crippen LogP contribution in [0.15, 0.2) is 97.1 Å². The minimum Gasteiger partial charge on any atom is -0.289 e. The number of rotatable bonds is 4. The molecule has 1 aliphatic carbocycles. The third-order valence-corrected chi connectivity index (χ3v) is 5.64. The lowest BCUT2D eigenvalue weighted by molar-refractivity contribution is 0.0963. The van der Waals surface area contributed by atoms with Crippen LogP contribution in [0.3, 0.4) is 0 Å². The Kier molecular flexibility index (Phi) is 4.68. The van der Waals surface area contributed by atoms with Gasteiger partial charge >= 0.3 is 0 Å². The number of hydrogen-bond acceptors (Lipinski definition) is 4. The molecule has 0 bridgehead atoms. The van der Waals surface area contributed by atoms with Crippen molar-refractivity contribution in [2.75, 3.05) is 0 Å². The maximum atomic E-state index is 13.5. The van der Waals surface area contributed by atoms with Gasteiger partial charge in [0.1, 0.15) is 0 Å². The van der Waals surface area contributed by atoms with Gasteiger partial charge in [-0.3, -0.25) is 19.2 Å². The van der Waals surface area contributed by atoms with Gasteiger partial charge in [0.25, 0.3) is 0 Å². The first-order chi connectivity index (χ1) is 15.6. The van der Waals surface area contributed by atoms with E-state index in [0.717, 1.165) is 0 Å². The average molecular weight is 416 g/mol. The van der Waals surface area contributed by atoms with Crippen molar-refractivity contribution in [1.82, 2.24) is 0 Å². The van der Waals surface area contributed by atoms with Crippen LogP contribution in [0.5, 0.6) is 0 Å². The molecule has 4 heteroatoms. The van der Waals surface area contributed by atoms with Gasteiger partial charge in [-0.05, 0) is 12.1 Å². The zero-order chi connectivity index (χ0) is 22.2. The summed E-state index contributed by atoms with van der Waals surface area (Å²) in [6.45, 7) is 0. The molecule has 0 fully saturated rings. The van der Waals surface area contributed by atoms with Gasteiger partial charge in [0, 0.05) is 44.5 Å². The van der Waals surface area contributed by atoms with Crippen molar-refractivity contribution in [2.24, 2.45) is 0 Å². The molecule has 0 aromatic heterocycles. The number of ketones is 4. The Morgan fingerprint density at radius 2 is 0.781 bits per heavy atom. The van der Waals surface area contributed by atoms with E-state index in [9.17, 15) is 19.2 Å². The van der Waals surface area contributed by atoms with Crippen LogP contribution >= 0.6 is 0 Å². The van der Waals surface area contributed by atoms with Crippen molar-refractivity contribution in [3.8, 4) is 0 Å². The molecule has 1 aliphatic rings. The average Bonchev–Trinajstić information content (AvgIpc) is 2.86. The Balaban J connectivity index is 1.78. The smallest absolute Gasteiger partial charge is 0.195 e. The Morgan fingerprint density at radius 3 is 1.16 bits per heavy atom. The number of hydrogen-bond donors (Lipinski definition) is 0. The fraction of sp³-hybridized carbons (Fsp3) is 0. The lowest BCUT2D eigenvalue weighted by Crippen LogP contribution is -2.27. The fourth-order valence-corrected chi connectivity index (χ4v) is 4.09. The Bertz CT molecular complexity index is 1310. The summed E-state index contributed by atoms with van der Waals surface area (Å²) in [5.41, 5.74) is 1.47. The van der Waals surface area contributed by atoms with E-state index in [4.69, 9.17) is 0 Å². The highest BCUT2D eigenvalue weighted by molar-refractivity contribution is 6.34. The predicted molar refractivity (Wildman–Crippen MR) is 119 cm³/mol. The lowest BCUT2D eigenvalue weighted by atomic mass is 9.77. The Labute approximate surface area is 184 Å². The third kappa shape index (κ3) is 3.01. The summed E-state index contributed by atoms with van der Waals surface area (Å²) in [4.78, 5) is 53.6. The summed E-state index contributed by atoms with van der Waals surface area (Å²) >= 11 is 0. The van der Waals surface area contributed by atoms with Crippen LogP contribution in [-0.2, 0) is 0 Å². The van der Waals surface area contributed by atoms with Crippen LogP contribution in [-0.4, -0.2) is 23.1 Å². The quantitative estimate of drug-likeness (QED) is 0.390. The van der Waals surface area contributed by atoms with Crippen LogP contribution in [0.25, 0.3) is 0 Å². The molecular weight excluding hydrogens is 400 g/mol. The van der Waals surface area contributed by atoms with Gasteiger partial charge in [-0.1, -0.05) is 84.9 Å². The number of carbonyl (C=O) groups is 4. The van der Waals surface area contributed by atoms with Crippen molar-refractivity contribution in [3.63, 3.8) is 0 Å². The van der Waals surface area contributed by atoms with Gasteiger partial charge in [0.15, 0.2) is 23.1 Å². The summed E-state index contributed by atoms with van der Waals surface area (Å²) in [5, 5.41) is 0. The van der Waals surface area contributed by atoms with Crippen molar-refractivity contribution < 1.29 is 19.2 Å². The summed E-state index contributed by atoms with van der Waals surface area (Å²) in [6.07, 6.45) is 0. The molecule has 0 radical (unpaired) electrons. The van der Waals surface area contributed by atoms with Crippen molar-refractivity contribution in [1.29, 1.82) is 0 Å². The molecule has 4 aromatic carbocycles. The van der Waals surface area contributed by atoms with Crippen molar-refractivity contribution >= 4 is 23.1 Å². The second kappa shape index (κ2) is 7.67. The predicted octanol–water partition coefficient (Wildman–Crippen LogP) is 4.92. The molecule has 0 saturated heterocycles. The minimum atomic E-state index is -0.433. The number of fused-ring (bicyclic) bond motifs is 2. The standard InChI is InChI=1S/C28H16O4/c29-25(17-9-3-1-4-10-17)21-15-16-22(26(30)18-11-5-2-6-12-18)24-23(21)27(31)19-13-7-8-14-20(19)28(24)32/h1-16H. The fourth-order valence-electron chi connectivity index (χ4n) is 4.09. The highest BCUT2D eigenvalue weighted by Crippen LogP contribution is 2.34. The molecule has 0 atom stereocenters. The first-order valence-electron chi connectivity index (χ1n) is 10.1. The van der Waals surface area contributed by atoms with E-state index in [1.165, 1.54) is 12.1 Å². The normalized spacial score (nSPS) is 12.1. The number of carbonyl (C=O) groups excluding carboxylic acids is 4. The van der Waals surface area contributed by atoms with E-state index in [0.29, 0.717) is 11.1 Å². The molecule has 4 nitrogen and oxygen atoms in total. The Hall–Kier alpha value is -4.44. The molecule has 0 heterocycles. The molecule has 0 unspecified atom stereocenters. The monoisotopic (exact) mass is 416 g/mol. The number of benzene rings is 4. The van der Waals surface area contributed by atoms with Crippen molar-refractivity contribution in [2.45, 2.75) is 0 Å². The van der Waals surface area contributed by atoms with Crippen LogP contribution in [0.2, 0.25) is 0 Å². The van der Waals surface area contributed by atoms with Gasteiger partial charge in [-0.25, -0.2) is 0 Å². The molecule has 32 heavy (non-hydrogen) atoms. The summed E-state index contributed by atoms with van der Waals surface area (Å²) in [5.74, 6) is -1.61. The Morgan fingerprint density at radius 1 is 0.438 bits per heavy atom. The maximum Gasteiger partial charge on any atom is 0.195 e. The van der Waals surface area contributed by atoms with E-state index in [-0.39, 0.29) is 44.9 Å². The van der Waals surface area contributed by atoms with Gasteiger partial charge in [-0.2, -0.15) is 0 Å². The van der Waals surface area contributed by atoms with Crippen LogP contribution in [0.4, 0.5) is 0 Å². The molecular formula is C28H16O4. The largest absolute Gasteiger partial charge is 0.289 e. The molecule has 0 N–H and O–H groups in total. The maximum absolute atomic E-state index is 13.5. The van der Waals surface area contributed by atoms with E-state index >= 15 is 0 Å². The van der Waals surface area contributed by atoms with Gasteiger partial charge in [0.2, 0.25) is 0 Å². The van der Waals surface area contributed by atoms with Gasteiger partial charge < -0.3 is 0 Å². The molecule has 152 valence electrons. The van der Waals surface area contributed by atoms with Crippen LogP contribution in [0.1, 0.15) is 63.7 Å². The van der Waals surface area contributed by atoms with Crippen LogP contribution in [0, 0.1) is 0 Å². The topological polar surface area (TPSA) is 68.3 Å². The second-order valence-electron chi connectivity index (χ2n) is 7.50. The van der Waals surface area contributed by atoms with E-state index in [2.05, 4.69) is 0 Å². The molecule has 0 saturated carbocycles. The SMILES string of the molecule is O=C(c1ccccc1)c1ccc(C(=O)c2ccccc2)c2c1C(=O)c1ccccc1C2=O. The summed E-state index contributed by atoms with van der Waals surface area (Å²) in [6, 6.07) is 26.6.